The molecule has 0 fully saturated rings. The molecule has 0 unspecified atom stereocenters. The number of rotatable bonds is 8. The largest absolute Gasteiger partial charge is 0.461 e. The molecule has 2 atom stereocenters. The van der Waals surface area contributed by atoms with Crippen molar-refractivity contribution in [3.63, 3.8) is 0 Å². The van der Waals surface area contributed by atoms with Gasteiger partial charge in [-0.1, -0.05) is 20.4 Å². The number of aliphatic hydroxyl groups excluding tert-OH is 2. The Hall–Kier alpha value is -0.910. The minimum atomic E-state index is -0.805. The van der Waals surface area contributed by atoms with Gasteiger partial charge in [0.2, 0.25) is 0 Å². The highest BCUT2D eigenvalue weighted by Gasteiger charge is 2.34. The zero-order valence-corrected chi connectivity index (χ0v) is 11.6. The lowest BCUT2D eigenvalue weighted by molar-refractivity contribution is -0.140. The van der Waals surface area contributed by atoms with Crippen LogP contribution in [-0.2, 0) is 14.3 Å². The Morgan fingerprint density at radius 1 is 1.44 bits per heavy atom. The summed E-state index contributed by atoms with van der Waals surface area (Å²) in [4.78, 5) is 10.6. The van der Waals surface area contributed by atoms with E-state index in [1.54, 1.807) is 13.8 Å². The van der Waals surface area contributed by atoms with Gasteiger partial charge in [0.1, 0.15) is 6.61 Å². The van der Waals surface area contributed by atoms with Gasteiger partial charge in [-0.15, -0.1) is 0 Å². The summed E-state index contributed by atoms with van der Waals surface area (Å²) >= 11 is 0. The maximum Gasteiger partial charge on any atom is 0.302 e. The summed E-state index contributed by atoms with van der Waals surface area (Å²) < 4.78 is 10.0. The summed E-state index contributed by atoms with van der Waals surface area (Å²) in [6, 6.07) is 0. The molecule has 0 rings (SSSR count). The first-order chi connectivity index (χ1) is 8.24. The number of carbonyl (C=O) groups is 1. The maximum absolute atomic E-state index is 10.6. The molecule has 0 heterocycles. The van der Waals surface area contributed by atoms with Crippen LogP contribution in [0, 0.1) is 5.41 Å². The lowest BCUT2D eigenvalue weighted by Crippen LogP contribution is -2.43. The summed E-state index contributed by atoms with van der Waals surface area (Å²) in [7, 11) is 1.49. The molecule has 0 radical (unpaired) electrons. The van der Waals surface area contributed by atoms with Crippen LogP contribution >= 0.6 is 0 Å². The van der Waals surface area contributed by atoms with Crippen LogP contribution in [0.15, 0.2) is 12.2 Å². The normalized spacial score (nSPS) is 15.0. The van der Waals surface area contributed by atoms with Crippen molar-refractivity contribution in [3.8, 4) is 0 Å². The second kappa shape index (κ2) is 7.51. The number of hydrogen-bond donors (Lipinski definition) is 2. The SMILES string of the molecule is C=C(COC(C)=O)C[C@@H](O)[C@H](OC)C(C)(C)CO. The number of carbonyl (C=O) groups excluding carboxylic acids is 1. The fourth-order valence-electron chi connectivity index (χ4n) is 1.75. The molecule has 106 valence electrons. The van der Waals surface area contributed by atoms with E-state index in [1.165, 1.54) is 14.0 Å². The minimum Gasteiger partial charge on any atom is -0.461 e. The van der Waals surface area contributed by atoms with Gasteiger partial charge >= 0.3 is 5.97 Å². The summed E-state index contributed by atoms with van der Waals surface area (Å²) in [6.07, 6.45) is -1.06. The van der Waals surface area contributed by atoms with Crippen LogP contribution in [0.1, 0.15) is 27.2 Å². The first kappa shape index (κ1) is 17.1. The van der Waals surface area contributed by atoms with Crippen LogP contribution in [0.5, 0.6) is 0 Å². The zero-order valence-electron chi connectivity index (χ0n) is 11.6. The van der Waals surface area contributed by atoms with Crippen molar-refractivity contribution in [1.29, 1.82) is 0 Å². The van der Waals surface area contributed by atoms with E-state index in [4.69, 9.17) is 9.47 Å². The second-order valence-electron chi connectivity index (χ2n) is 5.10. The highest BCUT2D eigenvalue weighted by atomic mass is 16.5. The first-order valence-electron chi connectivity index (χ1n) is 5.86. The van der Waals surface area contributed by atoms with Gasteiger partial charge in [-0.05, 0) is 12.0 Å². The molecule has 0 bridgehead atoms. The first-order valence-corrected chi connectivity index (χ1v) is 5.86. The van der Waals surface area contributed by atoms with Gasteiger partial charge in [0.25, 0.3) is 0 Å². The molecule has 2 N–H and O–H groups in total. The highest BCUT2D eigenvalue weighted by Crippen LogP contribution is 2.27. The van der Waals surface area contributed by atoms with Gasteiger partial charge in [0.05, 0.1) is 18.8 Å². The molecule has 0 aliphatic heterocycles. The average molecular weight is 260 g/mol. The molecule has 0 saturated carbocycles. The van der Waals surface area contributed by atoms with Crippen LogP contribution in [0.25, 0.3) is 0 Å². The van der Waals surface area contributed by atoms with E-state index in [0.717, 1.165) is 0 Å². The Balaban J connectivity index is 4.40. The number of hydrogen-bond acceptors (Lipinski definition) is 5. The van der Waals surface area contributed by atoms with Crippen molar-refractivity contribution < 1.29 is 24.5 Å². The van der Waals surface area contributed by atoms with Gasteiger partial charge in [-0.3, -0.25) is 4.79 Å². The van der Waals surface area contributed by atoms with Crippen molar-refractivity contribution in [3.05, 3.63) is 12.2 Å². The fourth-order valence-corrected chi connectivity index (χ4v) is 1.75. The van der Waals surface area contributed by atoms with Gasteiger partial charge in [0.15, 0.2) is 0 Å². The van der Waals surface area contributed by atoms with Gasteiger partial charge in [0, 0.05) is 19.4 Å². The second-order valence-corrected chi connectivity index (χ2v) is 5.10. The van der Waals surface area contributed by atoms with Crippen LogP contribution in [0.2, 0.25) is 0 Å². The molecular weight excluding hydrogens is 236 g/mol. The predicted octanol–water partition coefficient (Wildman–Crippen LogP) is 0.890. The average Bonchev–Trinajstić information content (AvgIpc) is 2.26. The standard InChI is InChI=1S/C13H24O5/c1-9(7-18-10(2)15)6-11(16)12(17-5)13(3,4)8-14/h11-12,14,16H,1,6-8H2,2-5H3/t11-,12+/m1/s1. The van der Waals surface area contributed by atoms with E-state index >= 15 is 0 Å². The van der Waals surface area contributed by atoms with Gasteiger partial charge in [-0.25, -0.2) is 0 Å². The Kier molecular flexibility index (Phi) is 7.13. The van der Waals surface area contributed by atoms with Crippen LogP contribution in [-0.4, -0.2) is 48.7 Å². The third-order valence-corrected chi connectivity index (χ3v) is 2.76. The van der Waals surface area contributed by atoms with Crippen molar-refractivity contribution in [2.45, 2.75) is 39.4 Å². The Bertz CT molecular complexity index is 285. The van der Waals surface area contributed by atoms with Crippen LogP contribution < -0.4 is 0 Å². The predicted molar refractivity (Wildman–Crippen MR) is 68.1 cm³/mol. The quantitative estimate of drug-likeness (QED) is 0.501. The van der Waals surface area contributed by atoms with E-state index in [-0.39, 0.29) is 25.6 Å². The third-order valence-electron chi connectivity index (χ3n) is 2.76. The molecule has 0 amide bonds. The van der Waals surface area contributed by atoms with E-state index in [9.17, 15) is 15.0 Å². The molecule has 5 nitrogen and oxygen atoms in total. The molecule has 5 heteroatoms. The fraction of sp³-hybridized carbons (Fsp3) is 0.769. The van der Waals surface area contributed by atoms with E-state index in [2.05, 4.69) is 6.58 Å². The lowest BCUT2D eigenvalue weighted by Gasteiger charge is -2.35. The molecule has 0 spiro atoms. The summed E-state index contributed by atoms with van der Waals surface area (Å²) in [5.41, 5.74) is 0.0454. The number of esters is 1. The molecule has 0 aromatic carbocycles. The summed E-state index contributed by atoms with van der Waals surface area (Å²) in [6.45, 7) is 8.65. The summed E-state index contributed by atoms with van der Waals surface area (Å²) in [5, 5.41) is 19.3. The highest BCUT2D eigenvalue weighted by molar-refractivity contribution is 5.66. The van der Waals surface area contributed by atoms with Crippen LogP contribution in [0.4, 0.5) is 0 Å². The lowest BCUT2D eigenvalue weighted by atomic mass is 9.82. The number of ether oxygens (including phenoxy) is 2. The Morgan fingerprint density at radius 2 is 2.00 bits per heavy atom. The van der Waals surface area contributed by atoms with Crippen LogP contribution in [0.3, 0.4) is 0 Å². The monoisotopic (exact) mass is 260 g/mol. The van der Waals surface area contributed by atoms with Gasteiger partial charge in [-0.2, -0.15) is 0 Å². The molecule has 0 saturated heterocycles. The van der Waals surface area contributed by atoms with Crippen molar-refractivity contribution in [2.75, 3.05) is 20.3 Å². The maximum atomic E-state index is 10.6. The Morgan fingerprint density at radius 3 is 2.39 bits per heavy atom. The van der Waals surface area contributed by atoms with E-state index in [1.807, 2.05) is 0 Å². The number of aliphatic hydroxyl groups is 2. The third kappa shape index (κ3) is 5.62. The number of methoxy groups -OCH3 is 1. The van der Waals surface area contributed by atoms with E-state index in [0.29, 0.717) is 5.57 Å². The topological polar surface area (TPSA) is 76.0 Å². The van der Waals surface area contributed by atoms with E-state index < -0.39 is 17.6 Å². The molecule has 0 aliphatic carbocycles. The van der Waals surface area contributed by atoms with Crippen molar-refractivity contribution in [1.82, 2.24) is 0 Å². The van der Waals surface area contributed by atoms with Crippen molar-refractivity contribution in [2.24, 2.45) is 5.41 Å². The summed E-state index contributed by atoms with van der Waals surface area (Å²) in [5.74, 6) is -0.385. The molecule has 18 heavy (non-hydrogen) atoms. The van der Waals surface area contributed by atoms with Crippen molar-refractivity contribution >= 4 is 5.97 Å². The molecular formula is C13H24O5. The smallest absolute Gasteiger partial charge is 0.302 e. The molecule has 0 aromatic heterocycles. The molecule has 0 aromatic rings. The molecule has 0 aliphatic rings. The minimum absolute atomic E-state index is 0.0857. The Labute approximate surface area is 108 Å². The zero-order chi connectivity index (χ0) is 14.3. The van der Waals surface area contributed by atoms with Gasteiger partial charge < -0.3 is 19.7 Å².